The van der Waals surface area contributed by atoms with Crippen molar-refractivity contribution in [1.82, 2.24) is 0 Å². The van der Waals surface area contributed by atoms with Crippen molar-refractivity contribution in [3.8, 4) is 5.75 Å². The highest BCUT2D eigenvalue weighted by Gasteiger charge is 2.44. The van der Waals surface area contributed by atoms with Gasteiger partial charge in [-0.15, -0.1) is 0 Å². The molecule has 1 heterocycles. The van der Waals surface area contributed by atoms with Crippen molar-refractivity contribution in [3.63, 3.8) is 0 Å². The maximum Gasteiger partial charge on any atom is 0.271 e. The number of aliphatic hydroxyl groups excluding tert-OH is 4. The minimum absolute atomic E-state index is 0.0170. The Morgan fingerprint density at radius 1 is 1.27 bits per heavy atom. The van der Waals surface area contributed by atoms with Crippen LogP contribution >= 0.6 is 11.6 Å². The number of rotatable bonds is 4. The lowest BCUT2D eigenvalue weighted by atomic mass is 9.99. The van der Waals surface area contributed by atoms with Crippen LogP contribution in [0.25, 0.3) is 0 Å². The van der Waals surface area contributed by atoms with Crippen LogP contribution in [-0.2, 0) is 4.74 Å². The largest absolute Gasteiger partial charge is 0.460 e. The molecule has 0 bridgehead atoms. The number of ether oxygens (including phenoxy) is 2. The molecule has 0 spiro atoms. The van der Waals surface area contributed by atoms with E-state index in [0.717, 1.165) is 12.1 Å². The molecule has 0 saturated carbocycles. The number of benzene rings is 1. The van der Waals surface area contributed by atoms with Crippen LogP contribution in [0.15, 0.2) is 18.2 Å². The van der Waals surface area contributed by atoms with Gasteiger partial charge in [-0.05, 0) is 6.07 Å². The van der Waals surface area contributed by atoms with Crippen molar-refractivity contribution in [1.29, 1.82) is 0 Å². The fraction of sp³-hybridized carbons (Fsp3) is 0.500. The van der Waals surface area contributed by atoms with Crippen molar-refractivity contribution in [2.45, 2.75) is 30.7 Å². The van der Waals surface area contributed by atoms with Crippen LogP contribution in [0.3, 0.4) is 0 Å². The van der Waals surface area contributed by atoms with Gasteiger partial charge >= 0.3 is 0 Å². The summed E-state index contributed by atoms with van der Waals surface area (Å²) in [6.45, 7) is -0.598. The second kappa shape index (κ2) is 6.73. The standard InChI is InChI=1S/C12H14ClNO8/c13-6-3-5(14(19)20)1-2-7(6)21-12-11(18)10(17)9(16)8(4-15)22-12/h1-3,8-12,15-18H,4H2/t8?,9-,10?,11-,12-/m0/s1. The Labute approximate surface area is 129 Å². The summed E-state index contributed by atoms with van der Waals surface area (Å²) in [5, 5.41) is 48.7. The number of nitrogens with zero attached hydrogens (tertiary/aromatic N) is 1. The van der Waals surface area contributed by atoms with Gasteiger partial charge < -0.3 is 29.9 Å². The van der Waals surface area contributed by atoms with E-state index in [2.05, 4.69) is 0 Å². The number of hydrogen-bond acceptors (Lipinski definition) is 8. The fourth-order valence-corrected chi connectivity index (χ4v) is 2.21. The molecule has 1 aliphatic rings. The maximum atomic E-state index is 10.6. The normalized spacial score (nSPS) is 31.8. The van der Waals surface area contributed by atoms with Gasteiger partial charge in [-0.1, -0.05) is 11.6 Å². The average molecular weight is 336 g/mol. The summed E-state index contributed by atoms with van der Waals surface area (Å²) in [6, 6.07) is 3.41. The van der Waals surface area contributed by atoms with Crippen LogP contribution in [0.4, 0.5) is 5.69 Å². The molecule has 1 aromatic rings. The Kier molecular flexibility index (Phi) is 5.16. The summed E-state index contributed by atoms with van der Waals surface area (Å²) >= 11 is 5.85. The third-order valence-corrected chi connectivity index (χ3v) is 3.51. The topological polar surface area (TPSA) is 143 Å². The zero-order valence-electron chi connectivity index (χ0n) is 11.1. The number of nitro benzene ring substituents is 1. The van der Waals surface area contributed by atoms with Gasteiger partial charge in [0.1, 0.15) is 30.2 Å². The van der Waals surface area contributed by atoms with E-state index in [1.54, 1.807) is 0 Å². The quantitative estimate of drug-likeness (QED) is 0.423. The lowest BCUT2D eigenvalue weighted by Gasteiger charge is -2.39. The highest BCUT2D eigenvalue weighted by molar-refractivity contribution is 6.32. The lowest BCUT2D eigenvalue weighted by molar-refractivity contribution is -0.384. The summed E-state index contributed by atoms with van der Waals surface area (Å²) in [5.41, 5.74) is -0.244. The Morgan fingerprint density at radius 2 is 1.95 bits per heavy atom. The van der Waals surface area contributed by atoms with Crippen molar-refractivity contribution in [2.24, 2.45) is 0 Å². The molecule has 0 radical (unpaired) electrons. The summed E-state index contributed by atoms with van der Waals surface area (Å²) in [5.74, 6) is -0.0170. The van der Waals surface area contributed by atoms with E-state index in [9.17, 15) is 25.4 Å². The van der Waals surface area contributed by atoms with E-state index in [1.165, 1.54) is 6.07 Å². The molecule has 1 fully saturated rings. The van der Waals surface area contributed by atoms with Crippen molar-refractivity contribution in [2.75, 3.05) is 6.61 Å². The molecule has 4 N–H and O–H groups in total. The van der Waals surface area contributed by atoms with E-state index >= 15 is 0 Å². The van der Waals surface area contributed by atoms with Gasteiger partial charge in [-0.3, -0.25) is 10.1 Å². The van der Waals surface area contributed by atoms with E-state index in [-0.39, 0.29) is 16.5 Å². The first-order valence-corrected chi connectivity index (χ1v) is 6.64. The molecule has 2 unspecified atom stereocenters. The smallest absolute Gasteiger partial charge is 0.271 e. The SMILES string of the molecule is O=[N+]([O-])c1ccc(O[C@H]2OC(CO)[C@H](O)C(O)[C@@H]2O)c(Cl)c1. The molecule has 22 heavy (non-hydrogen) atoms. The van der Waals surface area contributed by atoms with Gasteiger partial charge in [0.15, 0.2) is 0 Å². The zero-order chi connectivity index (χ0) is 16.4. The lowest BCUT2D eigenvalue weighted by Crippen LogP contribution is -2.60. The number of hydrogen-bond donors (Lipinski definition) is 4. The zero-order valence-corrected chi connectivity index (χ0v) is 11.8. The Hall–Kier alpha value is -1.49. The highest BCUT2D eigenvalue weighted by atomic mass is 35.5. The van der Waals surface area contributed by atoms with Crippen LogP contribution in [-0.4, -0.2) is 62.7 Å². The summed E-state index contributed by atoms with van der Waals surface area (Å²) < 4.78 is 10.4. The number of aliphatic hydroxyl groups is 4. The molecule has 5 atom stereocenters. The van der Waals surface area contributed by atoms with E-state index in [0.29, 0.717) is 0 Å². The molecule has 0 aromatic heterocycles. The van der Waals surface area contributed by atoms with Crippen LogP contribution < -0.4 is 4.74 Å². The Bertz CT molecular complexity index is 554. The number of nitro groups is 1. The van der Waals surface area contributed by atoms with Crippen LogP contribution in [0, 0.1) is 10.1 Å². The van der Waals surface area contributed by atoms with E-state index in [1.807, 2.05) is 0 Å². The van der Waals surface area contributed by atoms with Crippen molar-refractivity contribution < 1.29 is 34.8 Å². The fourth-order valence-electron chi connectivity index (χ4n) is 1.99. The van der Waals surface area contributed by atoms with Gasteiger partial charge in [0.25, 0.3) is 5.69 Å². The Balaban J connectivity index is 2.17. The summed E-state index contributed by atoms with van der Waals surface area (Å²) in [7, 11) is 0. The van der Waals surface area contributed by atoms with Crippen molar-refractivity contribution >= 4 is 17.3 Å². The average Bonchev–Trinajstić information content (AvgIpc) is 2.49. The first-order valence-electron chi connectivity index (χ1n) is 6.26. The molecular formula is C12H14ClNO8. The van der Waals surface area contributed by atoms with Crippen molar-refractivity contribution in [3.05, 3.63) is 33.3 Å². The monoisotopic (exact) mass is 335 g/mol. The molecule has 0 aliphatic carbocycles. The number of halogens is 1. The molecule has 1 aliphatic heterocycles. The van der Waals surface area contributed by atoms with E-state index in [4.69, 9.17) is 26.2 Å². The maximum absolute atomic E-state index is 10.6. The molecule has 1 aromatic carbocycles. The van der Waals surface area contributed by atoms with Crippen LogP contribution in [0.5, 0.6) is 5.75 Å². The summed E-state index contributed by atoms with van der Waals surface area (Å²) in [4.78, 5) is 9.98. The first kappa shape index (κ1) is 16.9. The minimum atomic E-state index is -1.59. The van der Waals surface area contributed by atoms with Crippen LogP contribution in [0.1, 0.15) is 0 Å². The molecule has 122 valence electrons. The van der Waals surface area contributed by atoms with Gasteiger partial charge in [0.05, 0.1) is 16.6 Å². The molecule has 9 nitrogen and oxygen atoms in total. The van der Waals surface area contributed by atoms with Gasteiger partial charge in [0.2, 0.25) is 6.29 Å². The van der Waals surface area contributed by atoms with Gasteiger partial charge in [-0.2, -0.15) is 0 Å². The van der Waals surface area contributed by atoms with Crippen LogP contribution in [0.2, 0.25) is 5.02 Å². The third-order valence-electron chi connectivity index (χ3n) is 3.22. The molecule has 2 rings (SSSR count). The minimum Gasteiger partial charge on any atom is -0.460 e. The molecule has 1 saturated heterocycles. The summed E-state index contributed by atoms with van der Waals surface area (Å²) in [6.07, 6.45) is -7.22. The Morgan fingerprint density at radius 3 is 2.50 bits per heavy atom. The highest BCUT2D eigenvalue weighted by Crippen LogP contribution is 2.31. The number of non-ortho nitro benzene ring substituents is 1. The predicted octanol–water partition coefficient (Wildman–Crippen LogP) is -0.573. The van der Waals surface area contributed by atoms with Gasteiger partial charge in [-0.25, -0.2) is 0 Å². The predicted molar refractivity (Wildman–Crippen MR) is 72.5 cm³/mol. The second-order valence-electron chi connectivity index (χ2n) is 4.69. The van der Waals surface area contributed by atoms with Gasteiger partial charge in [0, 0.05) is 12.1 Å². The first-order chi connectivity index (χ1) is 10.3. The molecule has 10 heteroatoms. The third kappa shape index (κ3) is 3.29. The second-order valence-corrected chi connectivity index (χ2v) is 5.09. The molecular weight excluding hydrogens is 322 g/mol. The van der Waals surface area contributed by atoms with E-state index < -0.39 is 42.2 Å². The molecule has 0 amide bonds.